The summed E-state index contributed by atoms with van der Waals surface area (Å²) in [5.74, 6) is 0.819. The van der Waals surface area contributed by atoms with Crippen LogP contribution in [0.2, 0.25) is 0 Å². The van der Waals surface area contributed by atoms with Gasteiger partial charge < -0.3 is 5.11 Å². The fraction of sp³-hybridized carbons (Fsp3) is 1.00. The third-order valence-electron chi connectivity index (χ3n) is 3.16. The molecule has 1 unspecified atom stereocenters. The molecule has 1 saturated carbocycles. The smallest absolute Gasteiger partial charge is 0.0436 e. The molecule has 0 heterocycles. The predicted octanol–water partition coefficient (Wildman–Crippen LogP) is 2.20. The Hall–Kier alpha value is -0.0400. The Balaban J connectivity index is 2.35. The standard InChI is InChI=1S/C9H18O/c1-3-8(2)9(4-5-9)6-7-10/h8,10H,3-7H2,1-2H3. The van der Waals surface area contributed by atoms with Crippen LogP contribution in [0.15, 0.2) is 0 Å². The molecule has 0 amide bonds. The maximum atomic E-state index is 8.79. The lowest BCUT2D eigenvalue weighted by Gasteiger charge is -2.20. The number of hydrogen-bond donors (Lipinski definition) is 1. The first-order valence-corrected chi connectivity index (χ1v) is 4.36. The molecule has 0 bridgehead atoms. The van der Waals surface area contributed by atoms with Gasteiger partial charge in [0.1, 0.15) is 0 Å². The fourth-order valence-electron chi connectivity index (χ4n) is 1.81. The molecule has 0 aromatic carbocycles. The van der Waals surface area contributed by atoms with E-state index in [1.165, 1.54) is 19.3 Å². The molecule has 1 fully saturated rings. The van der Waals surface area contributed by atoms with Gasteiger partial charge in [0.2, 0.25) is 0 Å². The maximum Gasteiger partial charge on any atom is 0.0436 e. The van der Waals surface area contributed by atoms with Gasteiger partial charge in [0.15, 0.2) is 0 Å². The lowest BCUT2D eigenvalue weighted by Crippen LogP contribution is -2.13. The molecular weight excluding hydrogens is 124 g/mol. The van der Waals surface area contributed by atoms with Crippen molar-refractivity contribution in [1.82, 2.24) is 0 Å². The predicted molar refractivity (Wildman–Crippen MR) is 42.8 cm³/mol. The Bertz CT molecular complexity index is 105. The summed E-state index contributed by atoms with van der Waals surface area (Å²) in [7, 11) is 0. The number of hydrogen-bond acceptors (Lipinski definition) is 1. The van der Waals surface area contributed by atoms with Crippen molar-refractivity contribution in [3.05, 3.63) is 0 Å². The first kappa shape index (κ1) is 8.06. The summed E-state index contributed by atoms with van der Waals surface area (Å²) in [6.07, 6.45) is 4.99. The highest BCUT2D eigenvalue weighted by atomic mass is 16.3. The molecule has 1 aliphatic carbocycles. The van der Waals surface area contributed by atoms with Crippen LogP contribution in [0.3, 0.4) is 0 Å². The third-order valence-corrected chi connectivity index (χ3v) is 3.16. The van der Waals surface area contributed by atoms with Gasteiger partial charge >= 0.3 is 0 Å². The van der Waals surface area contributed by atoms with E-state index in [1.54, 1.807) is 0 Å². The lowest BCUT2D eigenvalue weighted by atomic mass is 9.86. The van der Waals surface area contributed by atoms with Crippen LogP contribution in [0, 0.1) is 11.3 Å². The minimum atomic E-state index is 0.379. The Morgan fingerprint density at radius 1 is 1.50 bits per heavy atom. The summed E-state index contributed by atoms with van der Waals surface area (Å²) in [6, 6.07) is 0. The minimum Gasteiger partial charge on any atom is -0.396 e. The van der Waals surface area contributed by atoms with Crippen molar-refractivity contribution in [1.29, 1.82) is 0 Å². The van der Waals surface area contributed by atoms with Gasteiger partial charge in [0.25, 0.3) is 0 Å². The van der Waals surface area contributed by atoms with E-state index in [0.717, 1.165) is 12.3 Å². The summed E-state index contributed by atoms with van der Waals surface area (Å²) < 4.78 is 0. The van der Waals surface area contributed by atoms with Crippen LogP contribution in [0.25, 0.3) is 0 Å². The molecule has 0 spiro atoms. The molecule has 0 aliphatic heterocycles. The van der Waals surface area contributed by atoms with E-state index in [-0.39, 0.29) is 0 Å². The van der Waals surface area contributed by atoms with E-state index < -0.39 is 0 Å². The molecule has 1 N–H and O–H groups in total. The summed E-state index contributed by atoms with van der Waals surface area (Å²) >= 11 is 0. The largest absolute Gasteiger partial charge is 0.396 e. The van der Waals surface area contributed by atoms with E-state index in [0.29, 0.717) is 12.0 Å². The molecule has 0 aromatic rings. The number of rotatable bonds is 4. The van der Waals surface area contributed by atoms with Crippen molar-refractivity contribution in [2.45, 2.75) is 39.5 Å². The molecule has 0 saturated heterocycles. The highest BCUT2D eigenvalue weighted by molar-refractivity contribution is 4.95. The highest BCUT2D eigenvalue weighted by Crippen LogP contribution is 2.55. The van der Waals surface area contributed by atoms with Gasteiger partial charge in [0.05, 0.1) is 0 Å². The molecule has 0 aromatic heterocycles. The van der Waals surface area contributed by atoms with Crippen LogP contribution in [0.4, 0.5) is 0 Å². The number of aliphatic hydroxyl groups is 1. The molecule has 1 rings (SSSR count). The molecule has 0 radical (unpaired) electrons. The van der Waals surface area contributed by atoms with Gasteiger partial charge in [-0.15, -0.1) is 0 Å². The average molecular weight is 142 g/mol. The lowest BCUT2D eigenvalue weighted by molar-refractivity contribution is 0.208. The van der Waals surface area contributed by atoms with Gasteiger partial charge in [-0.05, 0) is 30.6 Å². The molecule has 1 aliphatic rings. The first-order valence-electron chi connectivity index (χ1n) is 4.36. The minimum absolute atomic E-state index is 0.379. The summed E-state index contributed by atoms with van der Waals surface area (Å²) in [4.78, 5) is 0. The van der Waals surface area contributed by atoms with Gasteiger partial charge in [-0.2, -0.15) is 0 Å². The second-order valence-corrected chi connectivity index (χ2v) is 3.65. The topological polar surface area (TPSA) is 20.2 Å². The van der Waals surface area contributed by atoms with Crippen LogP contribution in [0.5, 0.6) is 0 Å². The van der Waals surface area contributed by atoms with Gasteiger partial charge in [-0.25, -0.2) is 0 Å². The van der Waals surface area contributed by atoms with E-state index >= 15 is 0 Å². The van der Waals surface area contributed by atoms with E-state index in [4.69, 9.17) is 5.11 Å². The molecule has 1 nitrogen and oxygen atoms in total. The van der Waals surface area contributed by atoms with Crippen LogP contribution < -0.4 is 0 Å². The van der Waals surface area contributed by atoms with Crippen LogP contribution in [-0.4, -0.2) is 11.7 Å². The van der Waals surface area contributed by atoms with Crippen molar-refractivity contribution < 1.29 is 5.11 Å². The third kappa shape index (κ3) is 1.34. The Labute approximate surface area is 63.4 Å². The monoisotopic (exact) mass is 142 g/mol. The zero-order valence-electron chi connectivity index (χ0n) is 7.06. The van der Waals surface area contributed by atoms with Crippen molar-refractivity contribution in [3.63, 3.8) is 0 Å². The Morgan fingerprint density at radius 2 is 2.10 bits per heavy atom. The summed E-state index contributed by atoms with van der Waals surface area (Å²) in [6.45, 7) is 4.93. The summed E-state index contributed by atoms with van der Waals surface area (Å²) in [5.41, 5.74) is 0.559. The molecule has 1 heteroatoms. The summed E-state index contributed by atoms with van der Waals surface area (Å²) in [5, 5.41) is 8.79. The van der Waals surface area contributed by atoms with Crippen molar-refractivity contribution in [2.24, 2.45) is 11.3 Å². The average Bonchev–Trinajstić information content (AvgIpc) is 2.69. The van der Waals surface area contributed by atoms with E-state index in [1.807, 2.05) is 0 Å². The second kappa shape index (κ2) is 2.91. The first-order chi connectivity index (χ1) is 4.75. The second-order valence-electron chi connectivity index (χ2n) is 3.65. The molecule has 1 atom stereocenters. The van der Waals surface area contributed by atoms with Crippen molar-refractivity contribution in [2.75, 3.05) is 6.61 Å². The fourth-order valence-corrected chi connectivity index (χ4v) is 1.81. The zero-order chi connectivity index (χ0) is 7.61. The van der Waals surface area contributed by atoms with Crippen LogP contribution in [-0.2, 0) is 0 Å². The molecule has 60 valence electrons. The van der Waals surface area contributed by atoms with Crippen LogP contribution >= 0.6 is 0 Å². The Morgan fingerprint density at radius 3 is 2.40 bits per heavy atom. The van der Waals surface area contributed by atoms with E-state index in [2.05, 4.69) is 13.8 Å². The van der Waals surface area contributed by atoms with Crippen LogP contribution in [0.1, 0.15) is 39.5 Å². The van der Waals surface area contributed by atoms with Crippen molar-refractivity contribution >= 4 is 0 Å². The quantitative estimate of drug-likeness (QED) is 0.638. The van der Waals surface area contributed by atoms with Gasteiger partial charge in [-0.3, -0.25) is 0 Å². The number of aliphatic hydroxyl groups excluding tert-OH is 1. The zero-order valence-corrected chi connectivity index (χ0v) is 7.06. The van der Waals surface area contributed by atoms with Gasteiger partial charge in [-0.1, -0.05) is 20.3 Å². The molecule has 10 heavy (non-hydrogen) atoms. The van der Waals surface area contributed by atoms with Gasteiger partial charge in [0, 0.05) is 6.61 Å². The SMILES string of the molecule is CCC(C)C1(CCO)CC1. The normalized spacial score (nSPS) is 24.3. The molecular formula is C9H18O. The van der Waals surface area contributed by atoms with Crippen molar-refractivity contribution in [3.8, 4) is 0 Å². The van der Waals surface area contributed by atoms with E-state index in [9.17, 15) is 0 Å². The Kier molecular flexibility index (Phi) is 2.35. The highest BCUT2D eigenvalue weighted by Gasteiger charge is 2.45. The maximum absolute atomic E-state index is 8.79.